The number of aromatic nitrogens is 4. The number of aryl methyl sites for hydroxylation is 1. The second-order valence-electron chi connectivity index (χ2n) is 5.40. The summed E-state index contributed by atoms with van der Waals surface area (Å²) in [6.45, 7) is 8.12. The van der Waals surface area contributed by atoms with Crippen molar-refractivity contribution in [1.82, 2.24) is 25.1 Å². The highest BCUT2D eigenvalue weighted by atomic mass is 32.2. The van der Waals surface area contributed by atoms with Crippen molar-refractivity contribution in [3.63, 3.8) is 0 Å². The van der Waals surface area contributed by atoms with Gasteiger partial charge in [0.05, 0.1) is 6.20 Å². The molecule has 0 aliphatic carbocycles. The molecule has 2 aromatic heterocycles. The fourth-order valence-corrected chi connectivity index (χ4v) is 2.70. The van der Waals surface area contributed by atoms with Crippen molar-refractivity contribution in [1.29, 1.82) is 0 Å². The second kappa shape index (κ2) is 7.56. The maximum atomic E-state index is 4.44. The molecule has 0 spiro atoms. The van der Waals surface area contributed by atoms with Gasteiger partial charge in [0.1, 0.15) is 0 Å². The van der Waals surface area contributed by atoms with E-state index >= 15 is 0 Å². The van der Waals surface area contributed by atoms with Crippen molar-refractivity contribution in [2.24, 2.45) is 0 Å². The van der Waals surface area contributed by atoms with Crippen LogP contribution < -0.4 is 0 Å². The van der Waals surface area contributed by atoms with Gasteiger partial charge in [-0.2, -0.15) is 5.10 Å². The van der Waals surface area contributed by atoms with E-state index in [4.69, 9.17) is 0 Å². The Kier molecular flexibility index (Phi) is 5.76. The van der Waals surface area contributed by atoms with Crippen LogP contribution in [0.1, 0.15) is 37.1 Å². The van der Waals surface area contributed by atoms with E-state index in [1.807, 2.05) is 25.5 Å². The zero-order chi connectivity index (χ0) is 15.2. The SMILES string of the molecule is CC[C@H](C)Sc1ncc(CN(C)Cc2cn[nH]c2C)cn1. The van der Waals surface area contributed by atoms with Crippen LogP contribution in [0.2, 0.25) is 0 Å². The molecular formula is C15H23N5S. The summed E-state index contributed by atoms with van der Waals surface area (Å²) < 4.78 is 0. The molecule has 0 fully saturated rings. The maximum absolute atomic E-state index is 4.44. The molecule has 0 saturated heterocycles. The lowest BCUT2D eigenvalue weighted by Gasteiger charge is -2.16. The summed E-state index contributed by atoms with van der Waals surface area (Å²) >= 11 is 1.73. The highest BCUT2D eigenvalue weighted by Crippen LogP contribution is 2.21. The van der Waals surface area contributed by atoms with Gasteiger partial charge in [-0.25, -0.2) is 9.97 Å². The zero-order valence-electron chi connectivity index (χ0n) is 13.1. The number of aromatic amines is 1. The molecule has 2 rings (SSSR count). The molecule has 0 bridgehead atoms. The van der Waals surface area contributed by atoms with Gasteiger partial charge in [0, 0.05) is 47.6 Å². The Morgan fingerprint density at radius 2 is 1.95 bits per heavy atom. The summed E-state index contributed by atoms with van der Waals surface area (Å²) in [4.78, 5) is 11.1. The van der Waals surface area contributed by atoms with Crippen molar-refractivity contribution in [3.8, 4) is 0 Å². The van der Waals surface area contributed by atoms with Gasteiger partial charge in [-0.05, 0) is 20.4 Å². The Morgan fingerprint density at radius 3 is 2.52 bits per heavy atom. The van der Waals surface area contributed by atoms with E-state index < -0.39 is 0 Å². The minimum atomic E-state index is 0.558. The van der Waals surface area contributed by atoms with E-state index in [1.54, 1.807) is 11.8 Å². The molecule has 0 aromatic carbocycles. The van der Waals surface area contributed by atoms with E-state index in [2.05, 4.69) is 46.0 Å². The molecule has 0 amide bonds. The second-order valence-corrected chi connectivity index (χ2v) is 6.81. The van der Waals surface area contributed by atoms with Crippen molar-refractivity contribution in [2.75, 3.05) is 7.05 Å². The first-order valence-corrected chi connectivity index (χ1v) is 8.11. The van der Waals surface area contributed by atoms with Gasteiger partial charge in [-0.15, -0.1) is 0 Å². The summed E-state index contributed by atoms with van der Waals surface area (Å²) in [5, 5.41) is 8.44. The van der Waals surface area contributed by atoms with Crippen LogP contribution in [0.5, 0.6) is 0 Å². The Balaban J connectivity index is 1.89. The molecule has 21 heavy (non-hydrogen) atoms. The predicted molar refractivity (Wildman–Crippen MR) is 86.1 cm³/mol. The lowest BCUT2D eigenvalue weighted by molar-refractivity contribution is 0.317. The standard InChI is InChI=1S/C15H23N5S/c1-5-11(2)21-15-16-6-13(7-17-15)9-20(4)10-14-8-18-19-12(14)3/h6-8,11H,5,9-10H2,1-4H3,(H,18,19)/t11-/m0/s1. The van der Waals surface area contributed by atoms with E-state index in [0.717, 1.165) is 35.9 Å². The van der Waals surface area contributed by atoms with Gasteiger partial charge in [0.2, 0.25) is 0 Å². The molecule has 0 aliphatic heterocycles. The van der Waals surface area contributed by atoms with Gasteiger partial charge in [-0.1, -0.05) is 25.6 Å². The highest BCUT2D eigenvalue weighted by molar-refractivity contribution is 7.99. The van der Waals surface area contributed by atoms with Crippen LogP contribution in [0, 0.1) is 6.92 Å². The third-order valence-electron chi connectivity index (χ3n) is 3.39. The average Bonchev–Trinajstić information content (AvgIpc) is 2.86. The quantitative estimate of drug-likeness (QED) is 0.629. The first kappa shape index (κ1) is 16.0. The first-order chi connectivity index (χ1) is 10.1. The van der Waals surface area contributed by atoms with Gasteiger partial charge in [-0.3, -0.25) is 10.00 Å². The Hall–Kier alpha value is -1.40. The van der Waals surface area contributed by atoms with Crippen LogP contribution in [0.4, 0.5) is 0 Å². The van der Waals surface area contributed by atoms with Gasteiger partial charge in [0.25, 0.3) is 0 Å². The molecule has 0 unspecified atom stereocenters. The zero-order valence-corrected chi connectivity index (χ0v) is 13.9. The van der Waals surface area contributed by atoms with Crippen molar-refractivity contribution in [2.45, 2.75) is 50.7 Å². The molecule has 1 atom stereocenters. The Morgan fingerprint density at radius 1 is 1.24 bits per heavy atom. The number of nitrogens with zero attached hydrogens (tertiary/aromatic N) is 4. The third-order valence-corrected chi connectivity index (χ3v) is 4.55. The molecule has 1 N–H and O–H groups in total. The molecule has 114 valence electrons. The van der Waals surface area contributed by atoms with Crippen LogP contribution in [-0.4, -0.2) is 37.4 Å². The van der Waals surface area contributed by atoms with Crippen LogP contribution in [-0.2, 0) is 13.1 Å². The largest absolute Gasteiger partial charge is 0.298 e. The normalized spacial score (nSPS) is 12.8. The van der Waals surface area contributed by atoms with Crippen LogP contribution in [0.25, 0.3) is 0 Å². The molecule has 0 radical (unpaired) electrons. The fourth-order valence-electron chi connectivity index (χ4n) is 1.94. The van der Waals surface area contributed by atoms with Crippen LogP contribution >= 0.6 is 11.8 Å². The number of rotatable bonds is 7. The summed E-state index contributed by atoms with van der Waals surface area (Å²) in [6.07, 6.45) is 6.86. The number of hydrogen-bond acceptors (Lipinski definition) is 5. The molecule has 2 aromatic rings. The summed E-state index contributed by atoms with van der Waals surface area (Å²) in [5.41, 5.74) is 3.48. The minimum Gasteiger partial charge on any atom is -0.298 e. The number of hydrogen-bond donors (Lipinski definition) is 1. The Bertz CT molecular complexity index is 551. The molecule has 5 nitrogen and oxygen atoms in total. The van der Waals surface area contributed by atoms with Gasteiger partial charge < -0.3 is 0 Å². The Labute approximate surface area is 130 Å². The summed E-state index contributed by atoms with van der Waals surface area (Å²) in [6, 6.07) is 0. The van der Waals surface area contributed by atoms with Crippen molar-refractivity contribution in [3.05, 3.63) is 35.4 Å². The molecule has 0 saturated carbocycles. The summed E-state index contributed by atoms with van der Waals surface area (Å²) in [5.74, 6) is 0. The van der Waals surface area contributed by atoms with Gasteiger partial charge >= 0.3 is 0 Å². The van der Waals surface area contributed by atoms with E-state index in [1.165, 1.54) is 5.56 Å². The first-order valence-electron chi connectivity index (χ1n) is 7.23. The fraction of sp³-hybridized carbons (Fsp3) is 0.533. The topological polar surface area (TPSA) is 57.7 Å². The third kappa shape index (κ3) is 4.82. The molecule has 2 heterocycles. The number of thioether (sulfide) groups is 1. The summed E-state index contributed by atoms with van der Waals surface area (Å²) in [7, 11) is 2.09. The van der Waals surface area contributed by atoms with E-state index in [0.29, 0.717) is 5.25 Å². The smallest absolute Gasteiger partial charge is 0.187 e. The van der Waals surface area contributed by atoms with Crippen molar-refractivity contribution < 1.29 is 0 Å². The van der Waals surface area contributed by atoms with E-state index in [-0.39, 0.29) is 0 Å². The highest BCUT2D eigenvalue weighted by Gasteiger charge is 2.08. The molecular weight excluding hydrogens is 282 g/mol. The van der Waals surface area contributed by atoms with Crippen LogP contribution in [0.15, 0.2) is 23.7 Å². The lowest BCUT2D eigenvalue weighted by atomic mass is 10.2. The van der Waals surface area contributed by atoms with E-state index in [9.17, 15) is 0 Å². The average molecular weight is 305 g/mol. The maximum Gasteiger partial charge on any atom is 0.187 e. The molecule has 6 heteroatoms. The number of nitrogens with one attached hydrogen (secondary N) is 1. The predicted octanol–water partition coefficient (Wildman–Crippen LogP) is 3.03. The monoisotopic (exact) mass is 305 g/mol. The number of H-pyrrole nitrogens is 1. The lowest BCUT2D eigenvalue weighted by Crippen LogP contribution is -2.17. The molecule has 0 aliphatic rings. The van der Waals surface area contributed by atoms with Gasteiger partial charge in [0.15, 0.2) is 5.16 Å². The minimum absolute atomic E-state index is 0.558. The van der Waals surface area contributed by atoms with Crippen LogP contribution in [0.3, 0.4) is 0 Å². The van der Waals surface area contributed by atoms with Crippen molar-refractivity contribution >= 4 is 11.8 Å².